The summed E-state index contributed by atoms with van der Waals surface area (Å²) in [6.07, 6.45) is 0. The molecule has 0 aliphatic rings. The Morgan fingerprint density at radius 1 is 1.08 bits per heavy atom. The normalized spacial score (nSPS) is 10.6. The lowest BCUT2D eigenvalue weighted by atomic mass is 10.1. The van der Waals surface area contributed by atoms with Gasteiger partial charge >= 0.3 is 0 Å². The molecule has 0 fully saturated rings. The number of nitrogen functional groups attached to an aromatic ring is 1. The fraction of sp³-hybridized carbons (Fsp3) is 0.222. The van der Waals surface area contributed by atoms with Gasteiger partial charge in [0.25, 0.3) is 5.56 Å². The molecule has 0 aliphatic carbocycles. The van der Waals surface area contributed by atoms with Crippen LogP contribution in [0.4, 0.5) is 11.6 Å². The van der Waals surface area contributed by atoms with Crippen molar-refractivity contribution in [3.63, 3.8) is 0 Å². The van der Waals surface area contributed by atoms with E-state index in [-0.39, 0.29) is 11.5 Å². The van der Waals surface area contributed by atoms with Crippen LogP contribution in [0.3, 0.4) is 0 Å². The van der Waals surface area contributed by atoms with Crippen LogP contribution < -0.4 is 30.8 Å². The van der Waals surface area contributed by atoms with E-state index < -0.39 is 0 Å². The molecular weight excluding hydrogens is 336 g/mol. The van der Waals surface area contributed by atoms with Crippen molar-refractivity contribution in [1.82, 2.24) is 9.97 Å². The Bertz CT molecular complexity index is 975. The van der Waals surface area contributed by atoms with Gasteiger partial charge in [-0.1, -0.05) is 0 Å². The maximum absolute atomic E-state index is 12.0. The molecule has 0 atom stereocenters. The Kier molecular flexibility index (Phi) is 4.83. The van der Waals surface area contributed by atoms with Crippen molar-refractivity contribution < 1.29 is 14.2 Å². The topological polar surface area (TPSA) is 111 Å². The molecule has 0 unspecified atom stereocenters. The third kappa shape index (κ3) is 3.34. The monoisotopic (exact) mass is 356 g/mol. The van der Waals surface area contributed by atoms with Gasteiger partial charge in [-0.2, -0.15) is 0 Å². The van der Waals surface area contributed by atoms with Crippen LogP contribution in [0, 0.1) is 0 Å². The zero-order valence-corrected chi connectivity index (χ0v) is 14.8. The number of nitrogens with two attached hydrogens (primary N) is 1. The molecule has 0 saturated carbocycles. The third-order valence-electron chi connectivity index (χ3n) is 3.94. The average molecular weight is 356 g/mol. The number of nitrogens with zero attached hydrogens (tertiary/aromatic N) is 1. The molecule has 2 aromatic carbocycles. The van der Waals surface area contributed by atoms with Gasteiger partial charge in [-0.05, 0) is 35.9 Å². The molecule has 0 radical (unpaired) electrons. The molecular formula is C18H20N4O4. The number of hydrogen-bond donors (Lipinski definition) is 3. The Balaban J connectivity index is 1.87. The zero-order chi connectivity index (χ0) is 18.7. The molecule has 0 saturated heterocycles. The average Bonchev–Trinajstić information content (AvgIpc) is 2.65. The van der Waals surface area contributed by atoms with E-state index in [0.29, 0.717) is 34.7 Å². The first kappa shape index (κ1) is 17.4. The predicted molar refractivity (Wildman–Crippen MR) is 100 cm³/mol. The number of aromatic amines is 1. The van der Waals surface area contributed by atoms with Crippen LogP contribution in [0.15, 0.2) is 35.1 Å². The first-order chi connectivity index (χ1) is 12.5. The van der Waals surface area contributed by atoms with Crippen LogP contribution >= 0.6 is 0 Å². The second-order valence-corrected chi connectivity index (χ2v) is 5.57. The number of ether oxygens (including phenoxy) is 3. The fourth-order valence-corrected chi connectivity index (χ4v) is 2.71. The van der Waals surface area contributed by atoms with Crippen molar-refractivity contribution >= 4 is 22.5 Å². The molecule has 136 valence electrons. The Morgan fingerprint density at radius 2 is 1.77 bits per heavy atom. The van der Waals surface area contributed by atoms with Crippen molar-refractivity contribution in [3.8, 4) is 17.2 Å². The van der Waals surface area contributed by atoms with Crippen molar-refractivity contribution in [3.05, 3.63) is 46.2 Å². The predicted octanol–water partition coefficient (Wildman–Crippen LogP) is 2.14. The molecule has 0 bridgehead atoms. The summed E-state index contributed by atoms with van der Waals surface area (Å²) in [7, 11) is 4.71. The van der Waals surface area contributed by atoms with Crippen LogP contribution in [0.2, 0.25) is 0 Å². The molecule has 1 heterocycles. The minimum Gasteiger partial charge on any atom is -0.493 e. The minimum atomic E-state index is -0.274. The smallest absolute Gasteiger partial charge is 0.260 e. The summed E-state index contributed by atoms with van der Waals surface area (Å²) in [5, 5.41) is 3.74. The van der Waals surface area contributed by atoms with Crippen molar-refractivity contribution in [2.24, 2.45) is 0 Å². The van der Waals surface area contributed by atoms with Gasteiger partial charge < -0.3 is 25.3 Å². The first-order valence-electron chi connectivity index (χ1n) is 7.88. The van der Waals surface area contributed by atoms with E-state index in [1.807, 2.05) is 18.2 Å². The summed E-state index contributed by atoms with van der Waals surface area (Å²) in [4.78, 5) is 18.6. The van der Waals surface area contributed by atoms with Gasteiger partial charge in [0.1, 0.15) is 0 Å². The Morgan fingerprint density at radius 3 is 2.38 bits per heavy atom. The summed E-state index contributed by atoms with van der Waals surface area (Å²) >= 11 is 0. The fourth-order valence-electron chi connectivity index (χ4n) is 2.71. The van der Waals surface area contributed by atoms with Crippen LogP contribution in [-0.2, 0) is 6.54 Å². The SMILES string of the molecule is COc1cc(CNc2ccc3nc(N)[nH]c(=O)c3c2)cc(OC)c1OC. The van der Waals surface area contributed by atoms with E-state index in [4.69, 9.17) is 19.9 Å². The molecule has 26 heavy (non-hydrogen) atoms. The van der Waals surface area contributed by atoms with Gasteiger partial charge in [0, 0.05) is 12.2 Å². The standard InChI is InChI=1S/C18H20N4O4/c1-24-14-6-10(7-15(25-2)16(14)26-3)9-20-11-4-5-13-12(8-11)17(23)22-18(19)21-13/h4-8,20H,9H2,1-3H3,(H3,19,21,22,23). The molecule has 8 heteroatoms. The number of nitrogens with one attached hydrogen (secondary N) is 2. The van der Waals surface area contributed by atoms with Crippen molar-refractivity contribution in [2.45, 2.75) is 6.54 Å². The van der Waals surface area contributed by atoms with Crippen LogP contribution in [-0.4, -0.2) is 31.3 Å². The van der Waals surface area contributed by atoms with Gasteiger partial charge in [0.15, 0.2) is 11.5 Å². The van der Waals surface area contributed by atoms with Crippen LogP contribution in [0.1, 0.15) is 5.56 Å². The Labute approximate surface area is 149 Å². The van der Waals surface area contributed by atoms with Crippen molar-refractivity contribution in [2.75, 3.05) is 32.4 Å². The van der Waals surface area contributed by atoms with Crippen LogP contribution in [0.25, 0.3) is 10.9 Å². The highest BCUT2D eigenvalue weighted by Crippen LogP contribution is 2.38. The van der Waals surface area contributed by atoms with Gasteiger partial charge in [0.2, 0.25) is 11.7 Å². The number of methoxy groups -OCH3 is 3. The molecule has 1 aromatic heterocycles. The van der Waals surface area contributed by atoms with E-state index >= 15 is 0 Å². The largest absolute Gasteiger partial charge is 0.493 e. The lowest BCUT2D eigenvalue weighted by Gasteiger charge is -2.15. The molecule has 0 spiro atoms. The lowest BCUT2D eigenvalue weighted by molar-refractivity contribution is 0.324. The summed E-state index contributed by atoms with van der Waals surface area (Å²) in [6, 6.07) is 9.05. The second kappa shape index (κ2) is 7.22. The number of anilines is 2. The van der Waals surface area contributed by atoms with E-state index in [1.54, 1.807) is 33.5 Å². The molecule has 0 aliphatic heterocycles. The van der Waals surface area contributed by atoms with E-state index in [0.717, 1.165) is 11.3 Å². The number of hydrogen-bond acceptors (Lipinski definition) is 7. The first-order valence-corrected chi connectivity index (χ1v) is 7.88. The van der Waals surface area contributed by atoms with E-state index in [1.165, 1.54) is 0 Å². The van der Waals surface area contributed by atoms with E-state index in [2.05, 4.69) is 15.3 Å². The third-order valence-corrected chi connectivity index (χ3v) is 3.94. The van der Waals surface area contributed by atoms with Gasteiger partial charge in [-0.3, -0.25) is 9.78 Å². The number of aromatic nitrogens is 2. The highest BCUT2D eigenvalue weighted by molar-refractivity contribution is 5.82. The molecule has 3 rings (SSSR count). The molecule has 8 nitrogen and oxygen atoms in total. The van der Waals surface area contributed by atoms with E-state index in [9.17, 15) is 4.79 Å². The minimum absolute atomic E-state index is 0.0978. The highest BCUT2D eigenvalue weighted by atomic mass is 16.5. The maximum atomic E-state index is 12.0. The van der Waals surface area contributed by atoms with Gasteiger partial charge in [-0.25, -0.2) is 4.98 Å². The lowest BCUT2D eigenvalue weighted by Crippen LogP contribution is -2.11. The Hall–Kier alpha value is -3.42. The molecule has 0 amide bonds. The van der Waals surface area contributed by atoms with Crippen molar-refractivity contribution in [1.29, 1.82) is 0 Å². The quantitative estimate of drug-likeness (QED) is 0.620. The summed E-state index contributed by atoms with van der Waals surface area (Å²) in [5.41, 5.74) is 7.55. The zero-order valence-electron chi connectivity index (χ0n) is 14.8. The number of fused-ring (bicyclic) bond motifs is 1. The number of benzene rings is 2. The maximum Gasteiger partial charge on any atom is 0.260 e. The molecule has 3 aromatic rings. The van der Waals surface area contributed by atoms with Gasteiger partial charge in [-0.15, -0.1) is 0 Å². The number of rotatable bonds is 6. The van der Waals surface area contributed by atoms with Gasteiger partial charge in [0.05, 0.1) is 32.2 Å². The van der Waals surface area contributed by atoms with Crippen LogP contribution in [0.5, 0.6) is 17.2 Å². The second-order valence-electron chi connectivity index (χ2n) is 5.57. The summed E-state index contributed by atoms with van der Waals surface area (Å²) < 4.78 is 16.0. The highest BCUT2D eigenvalue weighted by Gasteiger charge is 2.13. The molecule has 4 N–H and O–H groups in total. The summed E-state index contributed by atoms with van der Waals surface area (Å²) in [6.45, 7) is 0.503. The number of H-pyrrole nitrogens is 1. The summed E-state index contributed by atoms with van der Waals surface area (Å²) in [5.74, 6) is 1.80.